The first kappa shape index (κ1) is 24.9. The Morgan fingerprint density at radius 3 is 2.39 bits per heavy atom. The van der Waals surface area contributed by atoms with Gasteiger partial charge in [-0.25, -0.2) is 17.3 Å². The molecule has 0 spiro atoms. The third kappa shape index (κ3) is 5.13. The molecule has 4 heterocycles. The second-order valence-corrected chi connectivity index (χ2v) is 13.2. The van der Waals surface area contributed by atoms with E-state index in [1.807, 2.05) is 0 Å². The normalized spacial score (nSPS) is 35.7. The van der Waals surface area contributed by atoms with E-state index in [1.54, 1.807) is 6.07 Å². The lowest BCUT2D eigenvalue weighted by atomic mass is 9.81. The van der Waals surface area contributed by atoms with Crippen LogP contribution in [0, 0.1) is 5.92 Å². The topological polar surface area (TPSA) is 96.7 Å². The summed E-state index contributed by atoms with van der Waals surface area (Å²) in [4.78, 5) is 12.8. The van der Waals surface area contributed by atoms with Crippen molar-refractivity contribution in [2.24, 2.45) is 5.92 Å². The van der Waals surface area contributed by atoms with Crippen LogP contribution in [0.25, 0.3) is 0 Å². The summed E-state index contributed by atoms with van der Waals surface area (Å²) in [7, 11) is -1.02. The van der Waals surface area contributed by atoms with E-state index in [1.165, 1.54) is 0 Å². The molecule has 5 aliphatic rings. The Bertz CT molecular complexity index is 959. The Balaban J connectivity index is 0.962. The number of nitrogens with zero attached hydrogens (tertiary/aromatic N) is 2. The van der Waals surface area contributed by atoms with Gasteiger partial charge in [0.15, 0.2) is 5.69 Å². The van der Waals surface area contributed by atoms with Gasteiger partial charge in [0.25, 0.3) is 5.91 Å². The van der Waals surface area contributed by atoms with Crippen LogP contribution in [-0.4, -0.2) is 74.7 Å². The molecule has 3 aliphatic heterocycles. The molecule has 2 N–H and O–H groups in total. The highest BCUT2D eigenvalue weighted by atomic mass is 32.2. The monoisotopic (exact) mass is 526 g/mol. The minimum atomic E-state index is -2.46. The van der Waals surface area contributed by atoms with Gasteiger partial charge in [-0.2, -0.15) is 0 Å². The van der Waals surface area contributed by atoms with Crippen molar-refractivity contribution in [2.45, 2.75) is 105 Å². The van der Waals surface area contributed by atoms with Crippen LogP contribution in [0.1, 0.15) is 86.4 Å². The number of hydrogen-bond donors (Lipinski definition) is 2. The van der Waals surface area contributed by atoms with Gasteiger partial charge in [-0.15, -0.1) is 0 Å². The lowest BCUT2D eigenvalue weighted by Crippen LogP contribution is -2.53. The molecule has 36 heavy (non-hydrogen) atoms. The predicted octanol–water partition coefficient (Wildman–Crippen LogP) is 3.12. The van der Waals surface area contributed by atoms with Gasteiger partial charge >= 0.3 is 0 Å². The summed E-state index contributed by atoms with van der Waals surface area (Å²) in [6.45, 7) is 1.88. The van der Waals surface area contributed by atoms with Gasteiger partial charge in [-0.1, -0.05) is 5.16 Å². The second kappa shape index (κ2) is 10.0. The molecule has 3 atom stereocenters. The maximum atomic E-state index is 13.6. The first-order valence-electron chi connectivity index (χ1n) is 13.5. The molecule has 5 fully saturated rings. The van der Waals surface area contributed by atoms with E-state index in [-0.39, 0.29) is 54.0 Å². The van der Waals surface area contributed by atoms with E-state index < -0.39 is 16.9 Å². The molecule has 2 aliphatic carbocycles. The van der Waals surface area contributed by atoms with Crippen LogP contribution in [0.2, 0.25) is 0 Å². The summed E-state index contributed by atoms with van der Waals surface area (Å²) in [5.74, 6) is -1.68. The highest BCUT2D eigenvalue weighted by Gasteiger charge is 2.47. The number of carbonyl (C=O) groups is 1. The molecule has 1 aromatic rings. The molecular formula is C25H36F2N4O4S. The van der Waals surface area contributed by atoms with E-state index in [4.69, 9.17) is 9.26 Å². The standard InChI is InChI=1S/C25H36F2N4O4S/c26-25(27)10-15(11-25)12-28-17-1-5-21(6-2-17)36(33)31-19-3-4-20(31)8-18(7-19)29-24(32)22-9-23(35-30-22)16-13-34-14-16/h9,15-21,28H,1-8,10-14H2,(H,29,32). The molecule has 11 heteroatoms. The average molecular weight is 527 g/mol. The summed E-state index contributed by atoms with van der Waals surface area (Å²) >= 11 is 0. The first-order valence-corrected chi connectivity index (χ1v) is 14.7. The molecule has 2 bridgehead atoms. The van der Waals surface area contributed by atoms with Crippen molar-refractivity contribution in [3.63, 3.8) is 0 Å². The molecule has 200 valence electrons. The third-order valence-corrected chi connectivity index (χ3v) is 10.9. The average Bonchev–Trinajstić information content (AvgIpc) is 3.38. The number of rotatable bonds is 8. The first-order chi connectivity index (χ1) is 17.3. The molecule has 0 radical (unpaired) electrons. The van der Waals surface area contributed by atoms with Crippen molar-refractivity contribution in [1.82, 2.24) is 20.1 Å². The lowest BCUT2D eigenvalue weighted by Gasteiger charge is -2.41. The Morgan fingerprint density at radius 1 is 1.08 bits per heavy atom. The van der Waals surface area contributed by atoms with Crippen LogP contribution in [0.5, 0.6) is 0 Å². The fraction of sp³-hybridized carbons (Fsp3) is 0.840. The van der Waals surface area contributed by atoms with Crippen LogP contribution < -0.4 is 10.6 Å². The van der Waals surface area contributed by atoms with Gasteiger partial charge in [0.2, 0.25) is 5.92 Å². The van der Waals surface area contributed by atoms with Gasteiger partial charge in [0.05, 0.1) is 30.1 Å². The van der Waals surface area contributed by atoms with Crippen LogP contribution >= 0.6 is 0 Å². The number of amides is 1. The highest BCUT2D eigenvalue weighted by Crippen LogP contribution is 2.42. The maximum Gasteiger partial charge on any atom is 0.273 e. The van der Waals surface area contributed by atoms with Crippen LogP contribution in [-0.2, 0) is 15.7 Å². The summed E-state index contributed by atoms with van der Waals surface area (Å²) < 4.78 is 52.4. The number of piperidine rings is 1. The van der Waals surface area contributed by atoms with Crippen molar-refractivity contribution < 1.29 is 27.0 Å². The molecule has 8 nitrogen and oxygen atoms in total. The third-order valence-electron chi connectivity index (χ3n) is 8.84. The number of halogens is 2. The summed E-state index contributed by atoms with van der Waals surface area (Å²) in [5.41, 5.74) is 0.312. The number of alkyl halides is 2. The molecule has 2 saturated carbocycles. The van der Waals surface area contributed by atoms with E-state index in [9.17, 15) is 17.8 Å². The Hall–Kier alpha value is -1.43. The molecular weight excluding hydrogens is 490 g/mol. The van der Waals surface area contributed by atoms with Crippen molar-refractivity contribution in [3.8, 4) is 0 Å². The van der Waals surface area contributed by atoms with Crippen LogP contribution in [0.3, 0.4) is 0 Å². The van der Waals surface area contributed by atoms with Crippen LogP contribution in [0.4, 0.5) is 8.78 Å². The van der Waals surface area contributed by atoms with Gasteiger partial charge in [0.1, 0.15) is 5.76 Å². The fourth-order valence-corrected chi connectivity index (χ4v) is 8.69. The molecule has 3 saturated heterocycles. The number of aromatic nitrogens is 1. The Morgan fingerprint density at radius 2 is 1.78 bits per heavy atom. The lowest BCUT2D eigenvalue weighted by molar-refractivity contribution is -0.109. The number of nitrogens with one attached hydrogen (secondary N) is 2. The zero-order valence-corrected chi connectivity index (χ0v) is 21.3. The van der Waals surface area contributed by atoms with E-state index in [0.29, 0.717) is 37.3 Å². The molecule has 0 aromatic carbocycles. The highest BCUT2D eigenvalue weighted by molar-refractivity contribution is 7.83. The van der Waals surface area contributed by atoms with Crippen molar-refractivity contribution >= 4 is 16.9 Å². The maximum absolute atomic E-state index is 13.6. The van der Waals surface area contributed by atoms with Gasteiger partial charge in [-0.3, -0.25) is 4.79 Å². The number of fused-ring (bicyclic) bond motifs is 2. The predicted molar refractivity (Wildman–Crippen MR) is 129 cm³/mol. The molecule has 3 unspecified atom stereocenters. The Kier molecular flexibility index (Phi) is 6.94. The number of hydrogen-bond acceptors (Lipinski definition) is 6. The van der Waals surface area contributed by atoms with E-state index >= 15 is 0 Å². The molecule has 6 rings (SSSR count). The van der Waals surface area contributed by atoms with Crippen LogP contribution in [0.15, 0.2) is 10.6 Å². The minimum absolute atomic E-state index is 0.00800. The number of ether oxygens (including phenoxy) is 1. The molecule has 1 amide bonds. The van der Waals surface area contributed by atoms with Gasteiger partial charge < -0.3 is 19.9 Å². The van der Waals surface area contributed by atoms with E-state index in [2.05, 4.69) is 20.1 Å². The SMILES string of the molecule is O=C(NC1CC2CCC(C1)N2S(=O)C1CCC(NCC2CC(F)(F)C2)CC1)c1cc(C2COC2)on1. The smallest absolute Gasteiger partial charge is 0.273 e. The van der Waals surface area contributed by atoms with Crippen molar-refractivity contribution in [1.29, 1.82) is 0 Å². The zero-order chi connectivity index (χ0) is 24.9. The minimum Gasteiger partial charge on any atom is -0.380 e. The zero-order valence-electron chi connectivity index (χ0n) is 20.5. The summed E-state index contributed by atoms with van der Waals surface area (Å²) in [6.07, 6.45) is 7.37. The Labute approximate surface area is 212 Å². The summed E-state index contributed by atoms with van der Waals surface area (Å²) in [6, 6.07) is 2.57. The second-order valence-electron chi connectivity index (χ2n) is 11.5. The fourth-order valence-electron chi connectivity index (χ4n) is 6.70. The largest absolute Gasteiger partial charge is 0.380 e. The number of carbonyl (C=O) groups excluding carboxylic acids is 1. The van der Waals surface area contributed by atoms with E-state index in [0.717, 1.165) is 51.4 Å². The van der Waals surface area contributed by atoms with Crippen molar-refractivity contribution in [3.05, 3.63) is 17.5 Å². The quantitative estimate of drug-likeness (QED) is 0.540. The molecule has 1 aromatic heterocycles. The van der Waals surface area contributed by atoms with Crippen molar-refractivity contribution in [2.75, 3.05) is 19.8 Å². The van der Waals surface area contributed by atoms with Gasteiger partial charge in [0, 0.05) is 48.3 Å². The summed E-state index contributed by atoms with van der Waals surface area (Å²) in [5, 5.41) is 10.7. The van der Waals surface area contributed by atoms with Gasteiger partial charge in [-0.05, 0) is 63.8 Å².